The van der Waals surface area contributed by atoms with Crippen molar-refractivity contribution in [3.63, 3.8) is 0 Å². The first-order chi connectivity index (χ1) is 21.7. The first kappa shape index (κ1) is 31.7. The molecule has 232 valence electrons. The van der Waals surface area contributed by atoms with E-state index in [4.69, 9.17) is 24.7 Å². The van der Waals surface area contributed by atoms with Crippen LogP contribution in [0.4, 0.5) is 0 Å². The number of ether oxygens (including phenoxy) is 4. The molecule has 0 radical (unpaired) electrons. The summed E-state index contributed by atoms with van der Waals surface area (Å²) in [7, 11) is 0. The summed E-state index contributed by atoms with van der Waals surface area (Å²) < 4.78 is 22.2. The number of hydrogen-bond donors (Lipinski definition) is 1. The van der Waals surface area contributed by atoms with Crippen LogP contribution in [0.2, 0.25) is 0 Å². The molecular weight excluding hydrogens is 596 g/mol. The molecular formula is C34H32N2O8S. The molecule has 5 rings (SSSR count). The maximum Gasteiger partial charge on any atom is 0.356 e. The van der Waals surface area contributed by atoms with Gasteiger partial charge >= 0.3 is 17.9 Å². The van der Waals surface area contributed by atoms with E-state index in [9.17, 15) is 19.2 Å². The fourth-order valence-corrected chi connectivity index (χ4v) is 6.22. The number of β-lactam (4-membered cyclic amide) rings is 1. The van der Waals surface area contributed by atoms with E-state index in [1.807, 2.05) is 60.7 Å². The Kier molecular flexibility index (Phi) is 10.1. The van der Waals surface area contributed by atoms with Gasteiger partial charge in [0.2, 0.25) is 5.91 Å². The second-order valence-corrected chi connectivity index (χ2v) is 11.4. The molecule has 2 aliphatic rings. The summed E-state index contributed by atoms with van der Waals surface area (Å²) in [6.45, 7) is 2.85. The van der Waals surface area contributed by atoms with Crippen LogP contribution in [0.25, 0.3) is 0 Å². The Balaban J connectivity index is 1.32. The predicted octanol–water partition coefficient (Wildman–Crippen LogP) is 4.44. The van der Waals surface area contributed by atoms with Crippen molar-refractivity contribution >= 4 is 35.6 Å². The average Bonchev–Trinajstić information content (AvgIpc) is 3.04. The number of carbonyl (C=O) groups is 4. The third kappa shape index (κ3) is 7.51. The van der Waals surface area contributed by atoms with Crippen molar-refractivity contribution in [2.24, 2.45) is 5.73 Å². The van der Waals surface area contributed by atoms with E-state index in [2.05, 4.69) is 0 Å². The fourth-order valence-electron chi connectivity index (χ4n) is 4.96. The van der Waals surface area contributed by atoms with Gasteiger partial charge in [-0.1, -0.05) is 78.9 Å². The number of benzene rings is 3. The lowest BCUT2D eigenvalue weighted by Gasteiger charge is -2.48. The molecule has 2 atom stereocenters. The van der Waals surface area contributed by atoms with E-state index in [1.165, 1.54) is 36.6 Å². The lowest BCUT2D eigenvalue weighted by Crippen LogP contribution is -2.68. The molecule has 2 N–H and O–H groups in total. The lowest BCUT2D eigenvalue weighted by molar-refractivity contribution is -0.153. The number of carbonyl (C=O) groups excluding carboxylic acids is 4. The normalized spacial score (nSPS) is 17.6. The SMILES string of the molecule is CC(=O)Oc1ccc(COC/C=C/C2=C(C(=O)OC(c3ccccc3)c3ccccc3)N3C(=O)C(N)[C@H]3SC2)cc1OC(C)=O. The van der Waals surface area contributed by atoms with Gasteiger partial charge in [0.05, 0.1) is 13.2 Å². The Labute approximate surface area is 264 Å². The van der Waals surface area contributed by atoms with E-state index in [1.54, 1.807) is 24.3 Å². The van der Waals surface area contributed by atoms with Crippen LogP contribution in [0.5, 0.6) is 11.5 Å². The number of nitrogens with zero attached hydrogens (tertiary/aromatic N) is 1. The van der Waals surface area contributed by atoms with Crippen LogP contribution in [0.15, 0.2) is 102 Å². The molecule has 1 amide bonds. The summed E-state index contributed by atoms with van der Waals surface area (Å²) in [6, 6.07) is 22.9. The van der Waals surface area contributed by atoms with Crippen molar-refractivity contribution in [1.29, 1.82) is 0 Å². The van der Waals surface area contributed by atoms with Gasteiger partial charge in [-0.15, -0.1) is 11.8 Å². The summed E-state index contributed by atoms with van der Waals surface area (Å²) in [5.74, 6) is -1.36. The summed E-state index contributed by atoms with van der Waals surface area (Å²) in [4.78, 5) is 51.0. The van der Waals surface area contributed by atoms with Crippen molar-refractivity contribution in [3.05, 3.63) is 119 Å². The third-order valence-electron chi connectivity index (χ3n) is 6.98. The number of nitrogens with two attached hydrogens (primary N) is 1. The molecule has 0 saturated carbocycles. The summed E-state index contributed by atoms with van der Waals surface area (Å²) in [5, 5.41) is -0.346. The second-order valence-electron chi connectivity index (χ2n) is 10.3. The lowest BCUT2D eigenvalue weighted by atomic mass is 10.0. The number of thioether (sulfide) groups is 1. The Morgan fingerprint density at radius 1 is 0.933 bits per heavy atom. The van der Waals surface area contributed by atoms with Gasteiger partial charge in [-0.2, -0.15) is 0 Å². The molecule has 1 saturated heterocycles. The number of amides is 1. The van der Waals surface area contributed by atoms with E-state index in [-0.39, 0.29) is 41.7 Å². The van der Waals surface area contributed by atoms with Crippen LogP contribution >= 0.6 is 11.8 Å². The fraction of sp³-hybridized carbons (Fsp3) is 0.235. The molecule has 0 aromatic heterocycles. The minimum absolute atomic E-state index is 0.109. The van der Waals surface area contributed by atoms with Crippen LogP contribution in [-0.2, 0) is 35.3 Å². The number of allylic oxidation sites excluding steroid dienone is 1. The molecule has 1 fully saturated rings. The van der Waals surface area contributed by atoms with Gasteiger partial charge in [0, 0.05) is 19.6 Å². The number of esters is 3. The van der Waals surface area contributed by atoms with Crippen LogP contribution < -0.4 is 15.2 Å². The summed E-state index contributed by atoms with van der Waals surface area (Å²) >= 11 is 1.48. The molecule has 1 unspecified atom stereocenters. The Bertz CT molecular complexity index is 1600. The summed E-state index contributed by atoms with van der Waals surface area (Å²) in [5.41, 5.74) is 9.13. The zero-order valence-corrected chi connectivity index (χ0v) is 25.5. The highest BCUT2D eigenvalue weighted by molar-refractivity contribution is 8.00. The first-order valence-corrected chi connectivity index (χ1v) is 15.3. The topological polar surface area (TPSA) is 134 Å². The highest BCUT2D eigenvalue weighted by Crippen LogP contribution is 2.41. The molecule has 0 aliphatic carbocycles. The van der Waals surface area contributed by atoms with Gasteiger partial charge in [0.1, 0.15) is 17.1 Å². The van der Waals surface area contributed by atoms with Gasteiger partial charge in [-0.05, 0) is 34.4 Å². The van der Waals surface area contributed by atoms with E-state index >= 15 is 0 Å². The van der Waals surface area contributed by atoms with Gasteiger partial charge in [0.25, 0.3) is 0 Å². The van der Waals surface area contributed by atoms with Gasteiger partial charge < -0.3 is 24.7 Å². The monoisotopic (exact) mass is 628 g/mol. The van der Waals surface area contributed by atoms with Crippen molar-refractivity contribution < 1.29 is 38.1 Å². The Morgan fingerprint density at radius 3 is 2.18 bits per heavy atom. The molecule has 10 nitrogen and oxygen atoms in total. The Hall–Kier alpha value is -4.71. The average molecular weight is 629 g/mol. The van der Waals surface area contributed by atoms with E-state index < -0.39 is 30.1 Å². The maximum absolute atomic E-state index is 13.8. The zero-order chi connectivity index (χ0) is 31.9. The van der Waals surface area contributed by atoms with E-state index in [0.717, 1.165) is 11.1 Å². The first-order valence-electron chi connectivity index (χ1n) is 14.2. The third-order valence-corrected chi connectivity index (χ3v) is 8.30. The molecule has 3 aromatic carbocycles. The van der Waals surface area contributed by atoms with E-state index in [0.29, 0.717) is 16.9 Å². The largest absolute Gasteiger partial charge is 0.448 e. The quantitative estimate of drug-likeness (QED) is 0.141. The molecule has 2 aliphatic heterocycles. The van der Waals surface area contributed by atoms with Crippen molar-refractivity contribution in [3.8, 4) is 11.5 Å². The molecule has 0 bridgehead atoms. The molecule has 3 aromatic rings. The van der Waals surface area contributed by atoms with Crippen LogP contribution in [0.3, 0.4) is 0 Å². The van der Waals surface area contributed by atoms with Gasteiger partial charge in [-0.25, -0.2) is 4.79 Å². The number of rotatable bonds is 11. The Morgan fingerprint density at radius 2 is 1.56 bits per heavy atom. The predicted molar refractivity (Wildman–Crippen MR) is 167 cm³/mol. The van der Waals surface area contributed by atoms with Crippen LogP contribution in [0, 0.1) is 0 Å². The van der Waals surface area contributed by atoms with Crippen LogP contribution in [-0.4, -0.2) is 52.5 Å². The smallest absolute Gasteiger partial charge is 0.356 e. The number of hydrogen-bond acceptors (Lipinski definition) is 10. The number of fused-ring (bicyclic) bond motifs is 1. The van der Waals surface area contributed by atoms with Gasteiger partial charge in [0.15, 0.2) is 17.6 Å². The van der Waals surface area contributed by atoms with Crippen LogP contribution in [0.1, 0.15) is 36.6 Å². The van der Waals surface area contributed by atoms with Crippen molar-refractivity contribution in [2.45, 2.75) is 38.0 Å². The minimum Gasteiger partial charge on any atom is -0.448 e. The zero-order valence-electron chi connectivity index (χ0n) is 24.7. The molecule has 2 heterocycles. The highest BCUT2D eigenvalue weighted by atomic mass is 32.2. The molecule has 45 heavy (non-hydrogen) atoms. The molecule has 11 heteroatoms. The highest BCUT2D eigenvalue weighted by Gasteiger charge is 2.52. The second kappa shape index (κ2) is 14.4. The molecule has 0 spiro atoms. The summed E-state index contributed by atoms with van der Waals surface area (Å²) in [6.07, 6.45) is 2.83. The van der Waals surface area contributed by atoms with Crippen molar-refractivity contribution in [1.82, 2.24) is 4.90 Å². The maximum atomic E-state index is 13.8. The minimum atomic E-state index is -0.685. The van der Waals surface area contributed by atoms with Crippen molar-refractivity contribution in [2.75, 3.05) is 12.4 Å². The standard InChI is InChI=1S/C34H32N2O8S/c1-21(37)42-27-16-15-23(18-28(27)43-22(2)38)19-41-17-9-14-26-20-45-33-29(35)32(39)36(33)30(26)34(40)44-31(24-10-5-3-6-11-24)25-12-7-4-8-13-25/h3-16,18,29,31,33H,17,19-20,35H2,1-2H3/b14-9+/t29?,33-/m1/s1. The van der Waals surface area contributed by atoms with Gasteiger partial charge in [-0.3, -0.25) is 19.3 Å².